The number of carbonyl (C=O) groups is 1. The van der Waals surface area contributed by atoms with Gasteiger partial charge in [0.2, 0.25) is 0 Å². The van der Waals surface area contributed by atoms with Crippen LogP contribution in [0.3, 0.4) is 0 Å². The van der Waals surface area contributed by atoms with Crippen molar-refractivity contribution in [2.75, 3.05) is 7.11 Å². The zero-order chi connectivity index (χ0) is 12.1. The second kappa shape index (κ2) is 4.81. The van der Waals surface area contributed by atoms with Crippen LogP contribution >= 0.6 is 0 Å². The predicted octanol–water partition coefficient (Wildman–Crippen LogP) is 1.36. The molecule has 1 aromatic carbocycles. The van der Waals surface area contributed by atoms with Crippen molar-refractivity contribution < 1.29 is 14.3 Å². The molecule has 0 atom stereocenters. The van der Waals surface area contributed by atoms with Gasteiger partial charge < -0.3 is 9.47 Å². The molecule has 0 heterocycles. The van der Waals surface area contributed by atoms with E-state index in [4.69, 9.17) is 20.0 Å². The van der Waals surface area contributed by atoms with Crippen LogP contribution in [0.4, 0.5) is 0 Å². The molecule has 0 saturated carbocycles. The van der Waals surface area contributed by atoms with Gasteiger partial charge in [0.05, 0.1) is 7.11 Å². The van der Waals surface area contributed by atoms with Gasteiger partial charge in [-0.05, 0) is 12.1 Å². The van der Waals surface area contributed by atoms with Crippen LogP contribution in [0.2, 0.25) is 0 Å². The monoisotopic (exact) mass is 216 g/mol. The quantitative estimate of drug-likeness (QED) is 0.550. The molecule has 5 nitrogen and oxygen atoms in total. The molecule has 0 spiro atoms. The first-order valence-electron chi connectivity index (χ1n) is 4.33. The molecule has 0 radical (unpaired) electrons. The highest BCUT2D eigenvalue weighted by Crippen LogP contribution is 2.29. The van der Waals surface area contributed by atoms with Gasteiger partial charge in [-0.25, -0.2) is 0 Å². The van der Waals surface area contributed by atoms with Crippen molar-refractivity contribution in [3.05, 3.63) is 23.3 Å². The third kappa shape index (κ3) is 2.10. The molecule has 0 amide bonds. The van der Waals surface area contributed by atoms with Gasteiger partial charge in [0.1, 0.15) is 34.8 Å². The van der Waals surface area contributed by atoms with Crippen molar-refractivity contribution in [1.82, 2.24) is 0 Å². The van der Waals surface area contributed by atoms with Crippen LogP contribution in [0, 0.1) is 22.7 Å². The zero-order valence-corrected chi connectivity index (χ0v) is 8.77. The van der Waals surface area contributed by atoms with Crippen LogP contribution in [0.25, 0.3) is 0 Å². The molecule has 0 saturated heterocycles. The molecule has 1 rings (SSSR count). The van der Waals surface area contributed by atoms with Crippen molar-refractivity contribution in [3.8, 4) is 23.6 Å². The number of nitriles is 2. The first-order valence-corrected chi connectivity index (χ1v) is 4.33. The molecule has 1 aromatic rings. The number of methoxy groups -OCH3 is 1. The van der Waals surface area contributed by atoms with Crippen molar-refractivity contribution in [1.29, 1.82) is 10.5 Å². The summed E-state index contributed by atoms with van der Waals surface area (Å²) < 4.78 is 9.73. The maximum absolute atomic E-state index is 10.8. The highest BCUT2D eigenvalue weighted by molar-refractivity contribution is 5.72. The fourth-order valence-corrected chi connectivity index (χ4v) is 1.20. The van der Waals surface area contributed by atoms with Crippen molar-refractivity contribution in [2.45, 2.75) is 6.92 Å². The van der Waals surface area contributed by atoms with Crippen LogP contribution in [-0.2, 0) is 4.79 Å². The number of benzene rings is 1. The molecule has 16 heavy (non-hydrogen) atoms. The normalized spacial score (nSPS) is 8.75. The number of rotatable bonds is 2. The number of hydrogen-bond acceptors (Lipinski definition) is 5. The highest BCUT2D eigenvalue weighted by Gasteiger charge is 2.15. The lowest BCUT2D eigenvalue weighted by molar-refractivity contribution is -0.131. The standard InChI is InChI=1S/C11H8N2O3/c1-7(14)16-11-4-3-10(15-2)8(5-12)9(11)6-13/h3-4H,1-2H3. The number of ether oxygens (including phenoxy) is 2. The molecule has 0 aromatic heterocycles. The Morgan fingerprint density at radius 1 is 1.19 bits per heavy atom. The molecular formula is C11H8N2O3. The maximum Gasteiger partial charge on any atom is 0.308 e. The molecule has 0 bridgehead atoms. The minimum absolute atomic E-state index is 0.00273. The third-order valence-electron chi connectivity index (χ3n) is 1.83. The van der Waals surface area contributed by atoms with E-state index in [0.717, 1.165) is 0 Å². The summed E-state index contributed by atoms with van der Waals surface area (Å²) in [5.41, 5.74) is 0.0563. The van der Waals surface area contributed by atoms with Crippen LogP contribution in [0.1, 0.15) is 18.1 Å². The van der Waals surface area contributed by atoms with Gasteiger partial charge in [-0.1, -0.05) is 0 Å². The fourth-order valence-electron chi connectivity index (χ4n) is 1.20. The average molecular weight is 216 g/mol. The Hall–Kier alpha value is -2.53. The summed E-state index contributed by atoms with van der Waals surface area (Å²) in [6.45, 7) is 1.22. The Labute approximate surface area is 92.4 Å². The lowest BCUT2D eigenvalue weighted by Gasteiger charge is -2.08. The summed E-state index contributed by atoms with van der Waals surface area (Å²) >= 11 is 0. The van der Waals surface area contributed by atoms with E-state index in [9.17, 15) is 4.79 Å². The van der Waals surface area contributed by atoms with Crippen LogP contribution in [0.15, 0.2) is 12.1 Å². The SMILES string of the molecule is COc1ccc(OC(C)=O)c(C#N)c1C#N. The van der Waals surface area contributed by atoms with Gasteiger partial charge >= 0.3 is 5.97 Å². The number of hydrogen-bond donors (Lipinski definition) is 0. The Balaban J connectivity index is 3.40. The average Bonchev–Trinajstić information content (AvgIpc) is 2.27. The summed E-state index contributed by atoms with van der Waals surface area (Å²) in [5.74, 6) is -0.215. The first-order chi connectivity index (χ1) is 7.63. The second-order valence-corrected chi connectivity index (χ2v) is 2.83. The molecule has 0 N–H and O–H groups in total. The lowest BCUT2D eigenvalue weighted by Crippen LogP contribution is -2.04. The third-order valence-corrected chi connectivity index (χ3v) is 1.83. The topological polar surface area (TPSA) is 83.1 Å². The van der Waals surface area contributed by atoms with Gasteiger partial charge in [0, 0.05) is 6.92 Å². The largest absolute Gasteiger partial charge is 0.495 e. The summed E-state index contributed by atoms with van der Waals surface area (Å²) in [5, 5.41) is 17.8. The van der Waals surface area contributed by atoms with Crippen molar-refractivity contribution >= 4 is 5.97 Å². The van der Waals surface area contributed by atoms with E-state index in [1.54, 1.807) is 0 Å². The minimum atomic E-state index is -0.550. The van der Waals surface area contributed by atoms with Gasteiger partial charge in [0.15, 0.2) is 0 Å². The highest BCUT2D eigenvalue weighted by atomic mass is 16.5. The molecule has 0 fully saturated rings. The molecule has 0 aliphatic heterocycles. The van der Waals surface area contributed by atoms with Crippen LogP contribution in [-0.4, -0.2) is 13.1 Å². The molecule has 0 aliphatic carbocycles. The summed E-state index contributed by atoms with van der Waals surface area (Å²) in [7, 11) is 1.39. The maximum atomic E-state index is 10.8. The Morgan fingerprint density at radius 2 is 1.69 bits per heavy atom. The van der Waals surface area contributed by atoms with Gasteiger partial charge in [-0.2, -0.15) is 10.5 Å². The fraction of sp³-hybridized carbons (Fsp3) is 0.182. The summed E-state index contributed by atoms with van der Waals surface area (Å²) in [6.07, 6.45) is 0. The van der Waals surface area contributed by atoms with E-state index in [2.05, 4.69) is 0 Å². The zero-order valence-electron chi connectivity index (χ0n) is 8.77. The smallest absolute Gasteiger partial charge is 0.308 e. The number of nitrogens with zero attached hydrogens (tertiary/aromatic N) is 2. The Kier molecular flexibility index (Phi) is 3.47. The van der Waals surface area contributed by atoms with Crippen LogP contribution < -0.4 is 9.47 Å². The molecule has 0 unspecified atom stereocenters. The second-order valence-electron chi connectivity index (χ2n) is 2.83. The predicted molar refractivity (Wildman–Crippen MR) is 53.7 cm³/mol. The summed E-state index contributed by atoms with van der Waals surface area (Å²) in [6, 6.07) is 6.54. The number of esters is 1. The van der Waals surface area contributed by atoms with E-state index in [-0.39, 0.29) is 22.6 Å². The Bertz CT molecular complexity index is 509. The van der Waals surface area contributed by atoms with Gasteiger partial charge in [0.25, 0.3) is 0 Å². The van der Waals surface area contributed by atoms with E-state index in [0.29, 0.717) is 0 Å². The van der Waals surface area contributed by atoms with E-state index in [1.165, 1.54) is 26.2 Å². The molecule has 5 heteroatoms. The molecule has 80 valence electrons. The van der Waals surface area contributed by atoms with Crippen LogP contribution in [0.5, 0.6) is 11.5 Å². The van der Waals surface area contributed by atoms with E-state index >= 15 is 0 Å². The summed E-state index contributed by atoms with van der Waals surface area (Å²) in [4.78, 5) is 10.8. The first kappa shape index (κ1) is 11.5. The van der Waals surface area contributed by atoms with Gasteiger partial charge in [-0.3, -0.25) is 4.79 Å². The van der Waals surface area contributed by atoms with E-state index in [1.807, 2.05) is 12.1 Å². The molecular weight excluding hydrogens is 208 g/mol. The molecule has 0 aliphatic rings. The van der Waals surface area contributed by atoms with Crippen molar-refractivity contribution in [2.24, 2.45) is 0 Å². The Morgan fingerprint density at radius 3 is 2.12 bits per heavy atom. The van der Waals surface area contributed by atoms with Crippen molar-refractivity contribution in [3.63, 3.8) is 0 Å². The lowest BCUT2D eigenvalue weighted by atomic mass is 10.1. The van der Waals surface area contributed by atoms with E-state index < -0.39 is 5.97 Å². The van der Waals surface area contributed by atoms with Gasteiger partial charge in [-0.15, -0.1) is 0 Å². The minimum Gasteiger partial charge on any atom is -0.495 e. The number of carbonyl (C=O) groups excluding carboxylic acids is 1.